The topological polar surface area (TPSA) is 74.7 Å². The number of β-amino-alcohol motifs (C(OH)–C–C–N with tert-alkyl or cyclic N) is 1. The van der Waals surface area contributed by atoms with Crippen LogP contribution < -0.4 is 15.0 Å². The number of benzene rings is 1. The van der Waals surface area contributed by atoms with E-state index in [1.54, 1.807) is 12.1 Å². The number of nitrogens with one attached hydrogen (secondary N) is 1. The zero-order valence-corrected chi connectivity index (χ0v) is 15.4. The second-order valence-corrected chi connectivity index (χ2v) is 7.20. The Labute approximate surface area is 165 Å². The Morgan fingerprint density at radius 1 is 1.24 bits per heavy atom. The third-order valence-corrected chi connectivity index (χ3v) is 5.18. The molecule has 0 saturated carbocycles. The molecule has 0 radical (unpaired) electrons. The van der Waals surface area contributed by atoms with Crippen molar-refractivity contribution in [2.75, 3.05) is 23.3 Å². The number of alkyl halides is 3. The molecule has 2 atom stereocenters. The number of aryl methyl sites for hydroxylation is 1. The van der Waals surface area contributed by atoms with Gasteiger partial charge in [0, 0.05) is 43.9 Å². The first-order valence-electron chi connectivity index (χ1n) is 9.36. The van der Waals surface area contributed by atoms with Gasteiger partial charge < -0.3 is 20.1 Å². The van der Waals surface area contributed by atoms with Crippen molar-refractivity contribution in [3.8, 4) is 5.75 Å². The summed E-state index contributed by atoms with van der Waals surface area (Å²) in [6.07, 6.45) is -3.33. The number of aliphatic hydroxyl groups is 1. The normalized spacial score (nSPS) is 22.1. The molecular weight excluding hydrogens is 387 g/mol. The molecule has 2 aliphatic heterocycles. The van der Waals surface area contributed by atoms with Gasteiger partial charge >= 0.3 is 6.18 Å². The van der Waals surface area contributed by atoms with E-state index in [1.165, 1.54) is 17.2 Å². The third kappa shape index (κ3) is 4.14. The van der Waals surface area contributed by atoms with Crippen LogP contribution in [0.2, 0.25) is 0 Å². The zero-order chi connectivity index (χ0) is 20.6. The van der Waals surface area contributed by atoms with E-state index in [2.05, 4.69) is 10.3 Å². The predicted octanol–water partition coefficient (Wildman–Crippen LogP) is 3.00. The Balaban J connectivity index is 1.46. The molecule has 4 rings (SSSR count). The molecule has 2 N–H and O–H groups in total. The molecule has 3 heterocycles. The molecule has 1 aromatic heterocycles. The van der Waals surface area contributed by atoms with Gasteiger partial charge in [-0.25, -0.2) is 4.98 Å². The largest absolute Gasteiger partial charge is 0.488 e. The second kappa shape index (κ2) is 7.55. The number of hydrogen-bond donors (Lipinski definition) is 2. The summed E-state index contributed by atoms with van der Waals surface area (Å²) in [7, 11) is 0. The van der Waals surface area contributed by atoms with Crippen molar-refractivity contribution in [1.29, 1.82) is 0 Å². The van der Waals surface area contributed by atoms with Crippen molar-refractivity contribution in [3.05, 3.63) is 47.7 Å². The Morgan fingerprint density at radius 3 is 2.83 bits per heavy atom. The minimum absolute atomic E-state index is 0.0214. The highest BCUT2D eigenvalue weighted by atomic mass is 19.4. The van der Waals surface area contributed by atoms with E-state index >= 15 is 0 Å². The van der Waals surface area contributed by atoms with E-state index in [1.807, 2.05) is 6.07 Å². The first kappa shape index (κ1) is 19.5. The number of anilines is 2. The van der Waals surface area contributed by atoms with Gasteiger partial charge in [0.25, 0.3) is 0 Å². The summed E-state index contributed by atoms with van der Waals surface area (Å²) in [5, 5.41) is 13.3. The van der Waals surface area contributed by atoms with Crippen LogP contribution in [0.4, 0.5) is 24.7 Å². The number of amides is 1. The van der Waals surface area contributed by atoms with Crippen LogP contribution >= 0.6 is 0 Å². The molecule has 0 spiro atoms. The molecule has 1 saturated heterocycles. The van der Waals surface area contributed by atoms with Gasteiger partial charge in [-0.3, -0.25) is 4.79 Å². The Hall–Kier alpha value is -2.81. The number of aliphatic hydroxyl groups excluding tert-OH is 1. The number of ether oxygens (including phenoxy) is 1. The van der Waals surface area contributed by atoms with Crippen LogP contribution in [0.15, 0.2) is 36.5 Å². The Kier molecular flexibility index (Phi) is 5.08. The van der Waals surface area contributed by atoms with E-state index in [4.69, 9.17) is 4.74 Å². The van der Waals surface area contributed by atoms with E-state index in [-0.39, 0.29) is 24.8 Å². The smallest absolute Gasteiger partial charge is 0.419 e. The molecule has 0 unspecified atom stereocenters. The maximum absolute atomic E-state index is 13.2. The Morgan fingerprint density at radius 2 is 2.07 bits per heavy atom. The summed E-state index contributed by atoms with van der Waals surface area (Å²) in [5.74, 6) is 0.255. The first-order chi connectivity index (χ1) is 13.8. The lowest BCUT2D eigenvalue weighted by atomic mass is 10.0. The molecule has 2 aliphatic rings. The number of fused-ring (bicyclic) bond motifs is 1. The lowest BCUT2D eigenvalue weighted by Gasteiger charge is -2.37. The fraction of sp³-hybridized carbons (Fsp3) is 0.400. The maximum Gasteiger partial charge on any atom is 0.419 e. The number of carbonyl (C=O) groups is 1. The molecule has 0 aliphatic carbocycles. The van der Waals surface area contributed by atoms with E-state index in [0.717, 1.165) is 11.6 Å². The summed E-state index contributed by atoms with van der Waals surface area (Å²) in [6, 6.07) is 7.59. The minimum Gasteiger partial charge on any atom is -0.488 e. The summed E-state index contributed by atoms with van der Waals surface area (Å²) in [4.78, 5) is 16.9. The van der Waals surface area contributed by atoms with Gasteiger partial charge in [-0.05, 0) is 30.2 Å². The lowest BCUT2D eigenvalue weighted by molar-refractivity contribution is -0.137. The van der Waals surface area contributed by atoms with Gasteiger partial charge in [0.1, 0.15) is 23.8 Å². The van der Waals surface area contributed by atoms with E-state index in [0.29, 0.717) is 30.7 Å². The van der Waals surface area contributed by atoms with Crippen LogP contribution in [0.3, 0.4) is 0 Å². The van der Waals surface area contributed by atoms with E-state index in [9.17, 15) is 23.1 Å². The summed E-state index contributed by atoms with van der Waals surface area (Å²) >= 11 is 0. The van der Waals surface area contributed by atoms with Crippen LogP contribution in [-0.4, -0.2) is 41.3 Å². The number of halogens is 3. The van der Waals surface area contributed by atoms with Crippen molar-refractivity contribution >= 4 is 17.4 Å². The SMILES string of the molecule is O=C1CCc2ccc(O[C@@H]3CCN(c4ncccc4C(F)(F)F)C[C@H]3O)cc2N1. The van der Waals surface area contributed by atoms with Crippen molar-refractivity contribution in [3.63, 3.8) is 0 Å². The quantitative estimate of drug-likeness (QED) is 0.818. The average molecular weight is 407 g/mol. The number of carbonyl (C=O) groups excluding carboxylic acids is 1. The number of hydrogen-bond acceptors (Lipinski definition) is 5. The number of aromatic nitrogens is 1. The van der Waals surface area contributed by atoms with Gasteiger partial charge in [0.2, 0.25) is 5.91 Å². The van der Waals surface area contributed by atoms with E-state index < -0.39 is 23.9 Å². The fourth-order valence-electron chi connectivity index (χ4n) is 3.71. The molecule has 1 amide bonds. The van der Waals surface area contributed by atoms with Gasteiger partial charge in [0.05, 0.1) is 5.56 Å². The van der Waals surface area contributed by atoms with Gasteiger partial charge in [-0.15, -0.1) is 0 Å². The predicted molar refractivity (Wildman–Crippen MR) is 99.9 cm³/mol. The number of pyridine rings is 1. The molecule has 2 aromatic rings. The number of piperidine rings is 1. The van der Waals surface area contributed by atoms with Gasteiger partial charge in [-0.2, -0.15) is 13.2 Å². The fourth-order valence-corrected chi connectivity index (χ4v) is 3.71. The Bertz CT molecular complexity index is 919. The molecule has 1 fully saturated rings. The maximum atomic E-state index is 13.2. The molecule has 29 heavy (non-hydrogen) atoms. The molecule has 1 aromatic carbocycles. The summed E-state index contributed by atoms with van der Waals surface area (Å²) in [6.45, 7) is 0.246. The zero-order valence-electron chi connectivity index (χ0n) is 15.4. The van der Waals surface area contributed by atoms with Gasteiger partial charge in [-0.1, -0.05) is 6.07 Å². The lowest BCUT2D eigenvalue weighted by Crippen LogP contribution is -2.49. The highest BCUT2D eigenvalue weighted by molar-refractivity contribution is 5.94. The summed E-state index contributed by atoms with van der Waals surface area (Å²) < 4.78 is 45.6. The molecule has 9 heteroatoms. The molecule has 154 valence electrons. The molecule has 6 nitrogen and oxygen atoms in total. The molecule has 0 bridgehead atoms. The van der Waals surface area contributed by atoms with Crippen LogP contribution in [0.5, 0.6) is 5.75 Å². The van der Waals surface area contributed by atoms with Crippen LogP contribution in [0.25, 0.3) is 0 Å². The minimum atomic E-state index is -4.52. The van der Waals surface area contributed by atoms with Crippen LogP contribution in [-0.2, 0) is 17.4 Å². The monoisotopic (exact) mass is 407 g/mol. The highest BCUT2D eigenvalue weighted by Crippen LogP contribution is 2.36. The second-order valence-electron chi connectivity index (χ2n) is 7.20. The molecular formula is C20H20F3N3O3. The van der Waals surface area contributed by atoms with Gasteiger partial charge in [0.15, 0.2) is 0 Å². The van der Waals surface area contributed by atoms with Crippen molar-refractivity contribution in [2.45, 2.75) is 37.6 Å². The highest BCUT2D eigenvalue weighted by Gasteiger charge is 2.38. The summed E-state index contributed by atoms with van der Waals surface area (Å²) in [5.41, 5.74) is 0.883. The van der Waals surface area contributed by atoms with Crippen LogP contribution in [0, 0.1) is 0 Å². The van der Waals surface area contributed by atoms with Crippen molar-refractivity contribution < 1.29 is 27.8 Å². The number of rotatable bonds is 3. The number of nitrogens with zero attached hydrogens (tertiary/aromatic N) is 2. The van der Waals surface area contributed by atoms with Crippen LogP contribution in [0.1, 0.15) is 24.0 Å². The standard InChI is InChI=1S/C20H20F3N3O3/c21-20(22,23)14-2-1-8-24-19(14)26-9-7-17(16(27)11-26)29-13-5-3-12-4-6-18(28)25-15(12)10-13/h1-3,5,8,10,16-17,27H,4,6-7,9,11H2,(H,25,28)/t16-,17-/m1/s1. The third-order valence-electron chi connectivity index (χ3n) is 5.18. The average Bonchev–Trinajstić information content (AvgIpc) is 2.68. The van der Waals surface area contributed by atoms with Crippen molar-refractivity contribution in [2.24, 2.45) is 0 Å². The van der Waals surface area contributed by atoms with Crippen molar-refractivity contribution in [1.82, 2.24) is 4.98 Å². The first-order valence-corrected chi connectivity index (χ1v) is 9.36.